The number of carbonyl (C=O) groups excluding carboxylic acids is 2. The van der Waals surface area contributed by atoms with Gasteiger partial charge in [-0.15, -0.1) is 0 Å². The Balaban J connectivity index is 1.84. The quantitative estimate of drug-likeness (QED) is 0.933. The average Bonchev–Trinajstić information content (AvgIpc) is 2.43. The monoisotopic (exact) mass is 306 g/mol. The molecular weight excluding hydrogens is 288 g/mol. The van der Waals surface area contributed by atoms with Gasteiger partial charge in [0.25, 0.3) is 0 Å². The van der Waals surface area contributed by atoms with Crippen LogP contribution >= 0.6 is 11.6 Å². The molecule has 2 amide bonds. The molecule has 0 bridgehead atoms. The molecule has 1 unspecified atom stereocenters. The van der Waals surface area contributed by atoms with Crippen LogP contribution in [-0.2, 0) is 9.59 Å². The van der Waals surface area contributed by atoms with Crippen molar-refractivity contribution < 1.29 is 9.59 Å². The lowest BCUT2D eigenvalue weighted by atomic mass is 9.82. The normalized spacial score (nSPS) is 22.6. The number of piperazine rings is 1. The Morgan fingerprint density at radius 1 is 1.33 bits per heavy atom. The molecule has 21 heavy (non-hydrogen) atoms. The van der Waals surface area contributed by atoms with E-state index >= 15 is 0 Å². The first kappa shape index (κ1) is 14.4. The molecule has 112 valence electrons. The lowest BCUT2D eigenvalue weighted by molar-refractivity contribution is -0.144. The molecule has 1 saturated heterocycles. The van der Waals surface area contributed by atoms with Crippen LogP contribution in [0, 0.1) is 5.92 Å². The highest BCUT2D eigenvalue weighted by Crippen LogP contribution is 2.33. The van der Waals surface area contributed by atoms with Gasteiger partial charge in [0.05, 0.1) is 0 Å². The first-order valence-corrected chi connectivity index (χ1v) is 7.86. The van der Waals surface area contributed by atoms with Crippen molar-refractivity contribution in [1.29, 1.82) is 0 Å². The number of halogens is 1. The number of benzene rings is 1. The summed E-state index contributed by atoms with van der Waals surface area (Å²) in [6, 6.07) is 6.65. The zero-order valence-electron chi connectivity index (χ0n) is 11.8. The average molecular weight is 307 g/mol. The number of nitrogens with zero attached hydrogens (tertiary/aromatic N) is 1. The maximum Gasteiger partial charge on any atom is 0.247 e. The third kappa shape index (κ3) is 2.91. The van der Waals surface area contributed by atoms with E-state index in [1.165, 1.54) is 6.42 Å². The minimum Gasteiger partial charge on any atom is -0.352 e. The molecule has 1 N–H and O–H groups in total. The Kier molecular flexibility index (Phi) is 4.15. The van der Waals surface area contributed by atoms with Crippen molar-refractivity contribution in [2.24, 2.45) is 5.92 Å². The molecule has 4 nitrogen and oxygen atoms in total. The van der Waals surface area contributed by atoms with Gasteiger partial charge in [0.1, 0.15) is 6.04 Å². The van der Waals surface area contributed by atoms with Crippen LogP contribution in [0.15, 0.2) is 24.3 Å². The first-order chi connectivity index (χ1) is 10.2. The Labute approximate surface area is 129 Å². The van der Waals surface area contributed by atoms with Crippen LogP contribution in [0.4, 0.5) is 0 Å². The van der Waals surface area contributed by atoms with E-state index in [-0.39, 0.29) is 11.8 Å². The smallest absolute Gasteiger partial charge is 0.247 e. The summed E-state index contributed by atoms with van der Waals surface area (Å²) in [5.74, 6) is 0.421. The zero-order valence-corrected chi connectivity index (χ0v) is 12.6. The van der Waals surface area contributed by atoms with Crippen molar-refractivity contribution in [3.8, 4) is 0 Å². The van der Waals surface area contributed by atoms with Crippen molar-refractivity contribution >= 4 is 23.4 Å². The molecule has 5 heteroatoms. The zero-order chi connectivity index (χ0) is 14.8. The predicted octanol–water partition coefficient (Wildman–Crippen LogP) is 2.53. The number of carbonyl (C=O) groups is 2. The number of hydrogen-bond donors (Lipinski definition) is 1. The lowest BCUT2D eigenvalue weighted by Crippen LogP contribution is -2.52. The van der Waals surface area contributed by atoms with E-state index in [4.69, 9.17) is 11.6 Å². The molecule has 2 aliphatic rings. The van der Waals surface area contributed by atoms with Gasteiger partial charge < -0.3 is 10.2 Å². The number of rotatable bonds is 3. The van der Waals surface area contributed by atoms with Gasteiger partial charge >= 0.3 is 0 Å². The predicted molar refractivity (Wildman–Crippen MR) is 80.9 cm³/mol. The van der Waals surface area contributed by atoms with Crippen molar-refractivity contribution in [2.75, 3.05) is 13.1 Å². The molecule has 0 aromatic heterocycles. The van der Waals surface area contributed by atoms with Gasteiger partial charge in [-0.3, -0.25) is 9.59 Å². The molecule has 1 atom stereocenters. The van der Waals surface area contributed by atoms with Gasteiger partial charge in [0.15, 0.2) is 0 Å². The number of amides is 2. The Bertz CT molecular complexity index is 557. The summed E-state index contributed by atoms with van der Waals surface area (Å²) in [7, 11) is 0. The highest BCUT2D eigenvalue weighted by Gasteiger charge is 2.36. The summed E-state index contributed by atoms with van der Waals surface area (Å²) in [5.41, 5.74) is 0.707. The summed E-state index contributed by atoms with van der Waals surface area (Å²) in [6.45, 7) is 1.06. The molecule has 0 radical (unpaired) electrons. The number of hydrogen-bond acceptors (Lipinski definition) is 2. The Morgan fingerprint density at radius 2 is 2.10 bits per heavy atom. The van der Waals surface area contributed by atoms with E-state index in [2.05, 4.69) is 5.32 Å². The molecule has 1 aliphatic carbocycles. The van der Waals surface area contributed by atoms with Crippen LogP contribution in [-0.4, -0.2) is 29.8 Å². The third-order valence-electron chi connectivity index (χ3n) is 4.42. The van der Waals surface area contributed by atoms with Gasteiger partial charge in [-0.2, -0.15) is 0 Å². The highest BCUT2D eigenvalue weighted by molar-refractivity contribution is 6.31. The Morgan fingerprint density at radius 3 is 2.76 bits per heavy atom. The Hall–Kier alpha value is -1.55. The topological polar surface area (TPSA) is 49.4 Å². The van der Waals surface area contributed by atoms with E-state index < -0.39 is 6.04 Å². The fourth-order valence-electron chi connectivity index (χ4n) is 3.00. The molecule has 2 fully saturated rings. The van der Waals surface area contributed by atoms with Crippen molar-refractivity contribution in [3.63, 3.8) is 0 Å². The molecule has 1 aromatic carbocycles. The maximum absolute atomic E-state index is 12.5. The van der Waals surface area contributed by atoms with Gasteiger partial charge in [-0.25, -0.2) is 0 Å². The van der Waals surface area contributed by atoms with E-state index in [1.54, 1.807) is 11.0 Å². The molecule has 1 aromatic rings. The minimum absolute atomic E-state index is 0.0690. The second kappa shape index (κ2) is 6.06. The summed E-state index contributed by atoms with van der Waals surface area (Å²) < 4.78 is 0. The fraction of sp³-hybridized carbons (Fsp3) is 0.500. The molecule has 1 heterocycles. The van der Waals surface area contributed by atoms with E-state index in [9.17, 15) is 9.59 Å². The minimum atomic E-state index is -0.597. The van der Waals surface area contributed by atoms with Crippen LogP contribution in [0.1, 0.15) is 37.3 Å². The summed E-state index contributed by atoms with van der Waals surface area (Å²) >= 11 is 6.22. The van der Waals surface area contributed by atoms with Crippen LogP contribution in [0.3, 0.4) is 0 Å². The van der Waals surface area contributed by atoms with E-state index in [1.807, 2.05) is 18.2 Å². The van der Waals surface area contributed by atoms with Crippen molar-refractivity contribution in [1.82, 2.24) is 10.2 Å². The molecule has 1 saturated carbocycles. The van der Waals surface area contributed by atoms with Gasteiger partial charge in [-0.1, -0.05) is 36.2 Å². The third-order valence-corrected chi connectivity index (χ3v) is 4.76. The SMILES string of the molecule is O=C1NCCN(C(=O)CC2CCC2)C1c1ccccc1Cl. The standard InChI is InChI=1S/C16H19ClN2O2/c17-13-7-2-1-6-12(13)15-16(21)18-8-9-19(15)14(20)10-11-4-3-5-11/h1-2,6-7,11,15H,3-5,8-10H2,(H,18,21). The molecule has 1 aliphatic heterocycles. The van der Waals surface area contributed by atoms with Crippen LogP contribution in [0.25, 0.3) is 0 Å². The largest absolute Gasteiger partial charge is 0.352 e. The number of nitrogens with one attached hydrogen (secondary N) is 1. The highest BCUT2D eigenvalue weighted by atomic mass is 35.5. The molecular formula is C16H19ClN2O2. The molecule has 0 spiro atoms. The lowest BCUT2D eigenvalue weighted by Gasteiger charge is -2.37. The first-order valence-electron chi connectivity index (χ1n) is 7.48. The van der Waals surface area contributed by atoms with E-state index in [0.29, 0.717) is 36.0 Å². The van der Waals surface area contributed by atoms with E-state index in [0.717, 1.165) is 12.8 Å². The van der Waals surface area contributed by atoms with Crippen molar-refractivity contribution in [3.05, 3.63) is 34.9 Å². The fourth-order valence-corrected chi connectivity index (χ4v) is 3.24. The van der Waals surface area contributed by atoms with Gasteiger partial charge in [-0.05, 0) is 24.8 Å². The maximum atomic E-state index is 12.5. The summed E-state index contributed by atoms with van der Waals surface area (Å²) in [6.07, 6.45) is 4.02. The van der Waals surface area contributed by atoms with Gasteiger partial charge in [0.2, 0.25) is 11.8 Å². The van der Waals surface area contributed by atoms with Crippen molar-refractivity contribution in [2.45, 2.75) is 31.7 Å². The second-order valence-electron chi connectivity index (χ2n) is 5.80. The van der Waals surface area contributed by atoms with Gasteiger partial charge in [0, 0.05) is 30.1 Å². The second-order valence-corrected chi connectivity index (χ2v) is 6.21. The van der Waals surface area contributed by atoms with Crippen LogP contribution in [0.5, 0.6) is 0 Å². The van der Waals surface area contributed by atoms with Crippen LogP contribution < -0.4 is 5.32 Å². The van der Waals surface area contributed by atoms with Crippen LogP contribution in [0.2, 0.25) is 5.02 Å². The molecule has 3 rings (SSSR count). The summed E-state index contributed by atoms with van der Waals surface area (Å²) in [5, 5.41) is 3.36. The summed E-state index contributed by atoms with van der Waals surface area (Å²) in [4.78, 5) is 26.5.